The summed E-state index contributed by atoms with van der Waals surface area (Å²) >= 11 is 6.10. The van der Waals surface area contributed by atoms with Crippen molar-refractivity contribution in [2.45, 2.75) is 64.0 Å². The Bertz CT molecular complexity index is 1810. The summed E-state index contributed by atoms with van der Waals surface area (Å²) in [5.41, 5.74) is 4.26. The molecule has 9 heteroatoms. The van der Waals surface area contributed by atoms with Gasteiger partial charge in [0.25, 0.3) is 5.91 Å². The highest BCUT2D eigenvalue weighted by Gasteiger charge is 2.32. The van der Waals surface area contributed by atoms with Crippen molar-refractivity contribution in [1.29, 1.82) is 0 Å². The molecule has 1 N–H and O–H groups in total. The summed E-state index contributed by atoms with van der Waals surface area (Å²) in [6.07, 6.45) is 4.10. The van der Waals surface area contributed by atoms with Gasteiger partial charge in [-0.2, -0.15) is 0 Å². The Labute approximate surface area is 273 Å². The number of rotatable bonds is 9. The number of aryl methyl sites for hydroxylation is 1. The molecule has 238 valence electrons. The zero-order valence-corrected chi connectivity index (χ0v) is 26.7. The maximum absolute atomic E-state index is 14.0. The highest BCUT2D eigenvalue weighted by atomic mass is 35.5. The second-order valence-corrected chi connectivity index (χ2v) is 12.7. The van der Waals surface area contributed by atoms with Gasteiger partial charge in [-0.1, -0.05) is 61.0 Å². The molecule has 0 saturated carbocycles. The molecule has 2 aliphatic heterocycles. The minimum atomic E-state index is -0.873. The number of carbonyl (C=O) groups excluding carboxylic acids is 3. The minimum absolute atomic E-state index is 0.137. The van der Waals surface area contributed by atoms with E-state index < -0.39 is 11.9 Å². The zero-order chi connectivity index (χ0) is 32.2. The number of benzene rings is 3. The van der Waals surface area contributed by atoms with Crippen LogP contribution in [0.3, 0.4) is 0 Å². The van der Waals surface area contributed by atoms with E-state index in [1.54, 1.807) is 24.3 Å². The normalized spacial score (nSPS) is 16.2. The molecular formula is C37H38ClN3O5. The van der Waals surface area contributed by atoms with Crippen molar-refractivity contribution >= 4 is 40.3 Å². The van der Waals surface area contributed by atoms with E-state index in [0.717, 1.165) is 43.4 Å². The quantitative estimate of drug-likeness (QED) is 0.247. The van der Waals surface area contributed by atoms with Crippen LogP contribution in [0, 0.1) is 0 Å². The molecule has 4 aromatic rings. The van der Waals surface area contributed by atoms with Gasteiger partial charge in [0.05, 0.1) is 5.39 Å². The molecule has 0 bridgehead atoms. The molecular weight excluding hydrogens is 602 g/mol. The van der Waals surface area contributed by atoms with Gasteiger partial charge in [0.1, 0.15) is 11.6 Å². The smallest absolute Gasteiger partial charge is 0.287 e. The van der Waals surface area contributed by atoms with Crippen LogP contribution >= 0.6 is 11.6 Å². The van der Waals surface area contributed by atoms with Gasteiger partial charge >= 0.3 is 0 Å². The fraction of sp³-hybridized carbons (Fsp3) is 0.351. The van der Waals surface area contributed by atoms with Gasteiger partial charge in [0.15, 0.2) is 11.2 Å². The van der Waals surface area contributed by atoms with E-state index in [1.165, 1.54) is 17.2 Å². The monoisotopic (exact) mass is 639 g/mol. The van der Waals surface area contributed by atoms with Crippen LogP contribution in [0.15, 0.2) is 82.0 Å². The Morgan fingerprint density at radius 3 is 2.41 bits per heavy atom. The summed E-state index contributed by atoms with van der Waals surface area (Å²) in [6, 6.07) is 21.2. The van der Waals surface area contributed by atoms with Gasteiger partial charge < -0.3 is 19.5 Å². The van der Waals surface area contributed by atoms with Crippen LogP contribution in [-0.2, 0) is 29.0 Å². The van der Waals surface area contributed by atoms with Crippen LogP contribution < -0.4 is 10.7 Å². The van der Waals surface area contributed by atoms with E-state index in [1.807, 2.05) is 47.1 Å². The molecule has 3 amide bonds. The molecule has 1 atom stereocenters. The van der Waals surface area contributed by atoms with Crippen molar-refractivity contribution in [1.82, 2.24) is 15.1 Å². The van der Waals surface area contributed by atoms with Crippen molar-refractivity contribution < 1.29 is 18.8 Å². The number of nitrogens with zero attached hydrogens (tertiary/aromatic N) is 2. The zero-order valence-electron chi connectivity index (χ0n) is 26.0. The first-order valence-electron chi connectivity index (χ1n) is 16.1. The predicted molar refractivity (Wildman–Crippen MR) is 178 cm³/mol. The molecule has 3 aromatic carbocycles. The summed E-state index contributed by atoms with van der Waals surface area (Å²) in [6.45, 7) is 4.50. The molecule has 0 radical (unpaired) electrons. The third kappa shape index (κ3) is 7.02. The highest BCUT2D eigenvalue weighted by molar-refractivity contribution is 6.30. The molecule has 2 saturated heterocycles. The summed E-state index contributed by atoms with van der Waals surface area (Å²) in [5, 5.41) is 3.87. The van der Waals surface area contributed by atoms with E-state index in [4.69, 9.17) is 16.0 Å². The number of hydrogen-bond acceptors (Lipinski definition) is 5. The van der Waals surface area contributed by atoms with Crippen molar-refractivity contribution in [2.75, 3.05) is 19.6 Å². The summed E-state index contributed by atoms with van der Waals surface area (Å²) in [5.74, 6) is -0.470. The number of nitrogens with one attached hydrogen (secondary N) is 1. The van der Waals surface area contributed by atoms with Crippen LogP contribution in [0.1, 0.15) is 71.3 Å². The van der Waals surface area contributed by atoms with Gasteiger partial charge in [-0.3, -0.25) is 19.2 Å². The third-order valence-electron chi connectivity index (χ3n) is 9.21. The molecule has 8 nitrogen and oxygen atoms in total. The Balaban J connectivity index is 1.18. The molecule has 3 heterocycles. The highest BCUT2D eigenvalue weighted by Crippen LogP contribution is 2.32. The number of likely N-dealkylation sites (tertiary alicyclic amines) is 2. The lowest BCUT2D eigenvalue weighted by molar-refractivity contribution is -0.134. The maximum Gasteiger partial charge on any atom is 0.287 e. The lowest BCUT2D eigenvalue weighted by atomic mass is 9.86. The number of hydrogen-bond donors (Lipinski definition) is 1. The standard InChI is InChI=1S/C37H38ClN3O5/c1-2-24-11-14-33-30(20-24)32(42)22-34(46-33)36(44)39-31(21-25-9-12-28(38)13-10-25)37(45)40-18-15-26(16-19-40)29-7-4-3-6-27(29)23-41-17-5-8-35(41)43/h3-4,6-7,9-14,20,22,26,31H,2,5,8,15-19,21,23H2,1H3,(H,39,44)/t31-/m1/s1. The topological polar surface area (TPSA) is 99.9 Å². The SMILES string of the molecule is CCc1ccc2oc(C(=O)N[C@H](Cc3ccc(Cl)cc3)C(=O)N3CCC(c4ccccc4CN4CCCC4=O)CC3)cc(=O)c2c1. The van der Waals surface area contributed by atoms with Gasteiger partial charge in [-0.25, -0.2) is 0 Å². The van der Waals surface area contributed by atoms with Gasteiger partial charge in [0.2, 0.25) is 11.8 Å². The second-order valence-electron chi connectivity index (χ2n) is 12.2. The summed E-state index contributed by atoms with van der Waals surface area (Å²) in [4.78, 5) is 56.4. The van der Waals surface area contributed by atoms with E-state index in [9.17, 15) is 19.2 Å². The Kier molecular flexibility index (Phi) is 9.54. The van der Waals surface area contributed by atoms with Crippen molar-refractivity contribution in [3.63, 3.8) is 0 Å². The third-order valence-corrected chi connectivity index (χ3v) is 9.47. The largest absolute Gasteiger partial charge is 0.451 e. The number of fused-ring (bicyclic) bond motifs is 1. The molecule has 0 aliphatic carbocycles. The fourth-order valence-electron chi connectivity index (χ4n) is 6.61. The summed E-state index contributed by atoms with van der Waals surface area (Å²) in [7, 11) is 0. The molecule has 46 heavy (non-hydrogen) atoms. The van der Waals surface area contributed by atoms with Gasteiger partial charge in [0, 0.05) is 50.1 Å². The van der Waals surface area contributed by atoms with Crippen LogP contribution in [0.25, 0.3) is 11.0 Å². The van der Waals surface area contributed by atoms with Crippen molar-refractivity contribution in [2.24, 2.45) is 0 Å². The Morgan fingerprint density at radius 2 is 1.70 bits per heavy atom. The van der Waals surface area contributed by atoms with E-state index in [0.29, 0.717) is 42.0 Å². The number of amides is 3. The van der Waals surface area contributed by atoms with Gasteiger partial charge in [-0.15, -0.1) is 0 Å². The fourth-order valence-corrected chi connectivity index (χ4v) is 6.73. The lowest BCUT2D eigenvalue weighted by Crippen LogP contribution is -2.51. The van der Waals surface area contributed by atoms with Crippen LogP contribution in [0.2, 0.25) is 5.02 Å². The second kappa shape index (κ2) is 13.9. The van der Waals surface area contributed by atoms with Crippen LogP contribution in [-0.4, -0.2) is 53.2 Å². The van der Waals surface area contributed by atoms with Crippen LogP contribution in [0.4, 0.5) is 0 Å². The molecule has 6 rings (SSSR count). The van der Waals surface area contributed by atoms with Gasteiger partial charge in [-0.05, 0) is 78.1 Å². The average Bonchev–Trinajstić information content (AvgIpc) is 3.48. The molecule has 2 aliphatic rings. The summed E-state index contributed by atoms with van der Waals surface area (Å²) < 4.78 is 5.85. The maximum atomic E-state index is 14.0. The first kappa shape index (κ1) is 31.5. The minimum Gasteiger partial charge on any atom is -0.451 e. The van der Waals surface area contributed by atoms with E-state index >= 15 is 0 Å². The predicted octanol–water partition coefficient (Wildman–Crippen LogP) is 5.88. The Morgan fingerprint density at radius 1 is 0.957 bits per heavy atom. The van der Waals surface area contributed by atoms with Crippen LogP contribution in [0.5, 0.6) is 0 Å². The van der Waals surface area contributed by atoms with Crippen molar-refractivity contribution in [3.05, 3.63) is 116 Å². The number of carbonyl (C=O) groups is 3. The lowest BCUT2D eigenvalue weighted by Gasteiger charge is -2.35. The molecule has 0 unspecified atom stereocenters. The average molecular weight is 640 g/mol. The number of piperidine rings is 1. The van der Waals surface area contributed by atoms with E-state index in [-0.39, 0.29) is 35.3 Å². The first-order chi connectivity index (χ1) is 22.3. The molecule has 0 spiro atoms. The van der Waals surface area contributed by atoms with E-state index in [2.05, 4.69) is 17.4 Å². The first-order valence-corrected chi connectivity index (χ1v) is 16.4. The molecule has 2 fully saturated rings. The molecule has 1 aromatic heterocycles. The van der Waals surface area contributed by atoms with Crippen molar-refractivity contribution in [3.8, 4) is 0 Å². The number of halogens is 1. The Hall–Kier alpha value is -4.43.